The van der Waals surface area contributed by atoms with Gasteiger partial charge in [0.15, 0.2) is 0 Å². The van der Waals surface area contributed by atoms with Crippen molar-refractivity contribution in [1.82, 2.24) is 15.0 Å². The molecule has 4 rings (SSSR count). The molecule has 36 heavy (non-hydrogen) atoms. The molecule has 14 heteroatoms. The summed E-state index contributed by atoms with van der Waals surface area (Å²) in [5.74, 6) is -0.918. The molecule has 1 aliphatic rings. The second-order valence-electron chi connectivity index (χ2n) is 7.99. The van der Waals surface area contributed by atoms with Gasteiger partial charge in [0.25, 0.3) is 0 Å². The predicted octanol–water partition coefficient (Wildman–Crippen LogP) is 3.81. The number of aromatic nitrogens is 3. The fraction of sp³-hybridized carbons (Fsp3) is 0.273. The van der Waals surface area contributed by atoms with Crippen molar-refractivity contribution in [2.75, 3.05) is 26.4 Å². The number of alkyl halides is 3. The molecule has 4 N–H and O–H groups in total. The first kappa shape index (κ1) is 25.2. The summed E-state index contributed by atoms with van der Waals surface area (Å²) in [6, 6.07) is 8.19. The molecule has 0 aliphatic carbocycles. The van der Waals surface area contributed by atoms with E-state index in [0.717, 1.165) is 5.56 Å². The van der Waals surface area contributed by atoms with Crippen LogP contribution in [0.15, 0.2) is 36.5 Å². The van der Waals surface area contributed by atoms with Gasteiger partial charge in [-0.25, -0.2) is 18.4 Å². The number of anilines is 5. The molecule has 0 radical (unpaired) electrons. The summed E-state index contributed by atoms with van der Waals surface area (Å²) in [4.78, 5) is 23.5. The minimum Gasteiger partial charge on any atom is -0.365 e. The molecule has 0 fully saturated rings. The van der Waals surface area contributed by atoms with Crippen LogP contribution >= 0.6 is 0 Å². The van der Waals surface area contributed by atoms with Crippen LogP contribution in [-0.4, -0.2) is 35.0 Å². The van der Waals surface area contributed by atoms with Crippen molar-refractivity contribution in [3.05, 3.63) is 58.9 Å². The standard InChI is InChI=1S/C22H22F3N7O3S/c1-3-36(34,35)32-19-13(5-4-12(2)28-19)10-26-20-16(22(23,24)25)11-27-21(31-20)29-15-6-7-17-14(8-15)9-18(33)30-17/h4-8,11H,3,9-10H2,1-2H3,(H,28,32)(H,30,33)(H2,26,27,29,31). The number of carbonyl (C=O) groups excluding carboxylic acids is 1. The Labute approximate surface area is 204 Å². The van der Waals surface area contributed by atoms with E-state index in [1.54, 1.807) is 37.3 Å². The molecule has 0 unspecified atom stereocenters. The Hall–Kier alpha value is -3.94. The molecule has 2 aromatic heterocycles. The first-order chi connectivity index (χ1) is 16.9. The number of sulfonamides is 1. The van der Waals surface area contributed by atoms with Gasteiger partial charge in [0, 0.05) is 35.4 Å². The minimum absolute atomic E-state index is 0.0200. The topological polar surface area (TPSA) is 138 Å². The zero-order valence-electron chi connectivity index (χ0n) is 19.2. The lowest BCUT2D eigenvalue weighted by Crippen LogP contribution is -2.19. The molecule has 0 bridgehead atoms. The summed E-state index contributed by atoms with van der Waals surface area (Å²) in [5, 5.41) is 8.18. The molecule has 1 aliphatic heterocycles. The summed E-state index contributed by atoms with van der Waals surface area (Å²) in [6.07, 6.45) is -3.89. The van der Waals surface area contributed by atoms with E-state index in [9.17, 15) is 26.4 Å². The van der Waals surface area contributed by atoms with Gasteiger partial charge >= 0.3 is 6.18 Å². The van der Waals surface area contributed by atoms with Crippen LogP contribution in [0.25, 0.3) is 0 Å². The molecule has 0 spiro atoms. The molecule has 0 saturated carbocycles. The maximum atomic E-state index is 13.6. The van der Waals surface area contributed by atoms with E-state index in [1.165, 1.54) is 6.92 Å². The summed E-state index contributed by atoms with van der Waals surface area (Å²) in [6.45, 7) is 2.92. The lowest BCUT2D eigenvalue weighted by atomic mass is 10.1. The van der Waals surface area contributed by atoms with Crippen LogP contribution in [0.2, 0.25) is 0 Å². The zero-order valence-corrected chi connectivity index (χ0v) is 20.0. The minimum atomic E-state index is -4.74. The van der Waals surface area contributed by atoms with Crippen molar-refractivity contribution in [2.45, 2.75) is 33.0 Å². The van der Waals surface area contributed by atoms with Gasteiger partial charge in [-0.15, -0.1) is 0 Å². The van der Waals surface area contributed by atoms with Gasteiger partial charge in [-0.1, -0.05) is 6.07 Å². The molecule has 10 nitrogen and oxygen atoms in total. The average molecular weight is 522 g/mol. The molecule has 3 heterocycles. The lowest BCUT2D eigenvalue weighted by Gasteiger charge is -2.16. The number of hydrogen-bond donors (Lipinski definition) is 4. The second-order valence-corrected chi connectivity index (χ2v) is 10.0. The first-order valence-electron chi connectivity index (χ1n) is 10.8. The average Bonchev–Trinajstić information content (AvgIpc) is 3.17. The molecule has 0 atom stereocenters. The van der Waals surface area contributed by atoms with Gasteiger partial charge < -0.3 is 16.0 Å². The quantitative estimate of drug-likeness (QED) is 0.351. The monoisotopic (exact) mass is 521 g/mol. The van der Waals surface area contributed by atoms with Gasteiger partial charge in [-0.2, -0.15) is 18.2 Å². The van der Waals surface area contributed by atoms with Crippen molar-refractivity contribution in [1.29, 1.82) is 0 Å². The summed E-state index contributed by atoms with van der Waals surface area (Å²) < 4.78 is 67.3. The van der Waals surface area contributed by atoms with E-state index >= 15 is 0 Å². The summed E-state index contributed by atoms with van der Waals surface area (Å²) >= 11 is 0. The highest BCUT2D eigenvalue weighted by atomic mass is 32.2. The van der Waals surface area contributed by atoms with Crippen LogP contribution in [0.5, 0.6) is 0 Å². The number of pyridine rings is 1. The molecule has 1 aromatic carbocycles. The number of aryl methyl sites for hydroxylation is 1. The molecule has 0 saturated heterocycles. The summed E-state index contributed by atoms with van der Waals surface area (Å²) in [7, 11) is -3.66. The largest absolute Gasteiger partial charge is 0.421 e. The van der Waals surface area contributed by atoms with E-state index in [-0.39, 0.29) is 36.4 Å². The Morgan fingerprint density at radius 2 is 1.89 bits per heavy atom. The van der Waals surface area contributed by atoms with Crippen LogP contribution in [0.4, 0.5) is 42.1 Å². The number of benzene rings is 1. The van der Waals surface area contributed by atoms with Crippen LogP contribution in [-0.2, 0) is 34.0 Å². The van der Waals surface area contributed by atoms with Crippen molar-refractivity contribution in [3.63, 3.8) is 0 Å². The van der Waals surface area contributed by atoms with Crippen LogP contribution in [0, 0.1) is 6.92 Å². The van der Waals surface area contributed by atoms with Crippen molar-refractivity contribution < 1.29 is 26.4 Å². The number of nitrogens with zero attached hydrogens (tertiary/aromatic N) is 3. The Morgan fingerprint density at radius 3 is 2.61 bits per heavy atom. The van der Waals surface area contributed by atoms with Crippen molar-refractivity contribution in [2.24, 2.45) is 0 Å². The van der Waals surface area contributed by atoms with Crippen LogP contribution in [0.1, 0.15) is 29.3 Å². The van der Waals surface area contributed by atoms with E-state index in [1.807, 2.05) is 0 Å². The predicted molar refractivity (Wildman–Crippen MR) is 128 cm³/mol. The van der Waals surface area contributed by atoms with Crippen molar-refractivity contribution >= 4 is 44.9 Å². The molecule has 190 valence electrons. The fourth-order valence-corrected chi connectivity index (χ4v) is 4.05. The molecular formula is C22H22F3N7O3S. The third-order valence-corrected chi connectivity index (χ3v) is 6.54. The highest BCUT2D eigenvalue weighted by Crippen LogP contribution is 2.35. The van der Waals surface area contributed by atoms with Gasteiger partial charge in [-0.05, 0) is 43.7 Å². The smallest absolute Gasteiger partial charge is 0.365 e. The fourth-order valence-electron chi connectivity index (χ4n) is 3.44. The maximum absolute atomic E-state index is 13.6. The maximum Gasteiger partial charge on any atom is 0.421 e. The Bertz CT molecular complexity index is 1430. The van der Waals surface area contributed by atoms with Gasteiger partial charge in [0.1, 0.15) is 17.2 Å². The van der Waals surface area contributed by atoms with Gasteiger partial charge in [0.2, 0.25) is 21.9 Å². The SMILES string of the molecule is CCS(=O)(=O)Nc1nc(C)ccc1CNc1nc(Nc2ccc3c(c2)CC(=O)N3)ncc1C(F)(F)F. The van der Waals surface area contributed by atoms with Gasteiger partial charge in [0.05, 0.1) is 12.2 Å². The summed E-state index contributed by atoms with van der Waals surface area (Å²) in [5.41, 5.74) is 1.67. The number of carbonyl (C=O) groups is 1. The number of fused-ring (bicyclic) bond motifs is 1. The van der Waals surface area contributed by atoms with Crippen LogP contribution < -0.4 is 20.7 Å². The number of hydrogen-bond acceptors (Lipinski definition) is 8. The highest BCUT2D eigenvalue weighted by Gasteiger charge is 2.35. The number of amides is 1. The van der Waals surface area contributed by atoms with E-state index in [0.29, 0.717) is 28.8 Å². The Morgan fingerprint density at radius 1 is 1.11 bits per heavy atom. The van der Waals surface area contributed by atoms with E-state index < -0.39 is 27.6 Å². The highest BCUT2D eigenvalue weighted by molar-refractivity contribution is 7.92. The third-order valence-electron chi connectivity index (χ3n) is 5.28. The van der Waals surface area contributed by atoms with Gasteiger partial charge in [-0.3, -0.25) is 9.52 Å². The first-order valence-corrected chi connectivity index (χ1v) is 12.4. The number of halogens is 3. The Balaban J connectivity index is 1.60. The second kappa shape index (κ2) is 9.60. The number of rotatable bonds is 8. The van der Waals surface area contributed by atoms with Crippen molar-refractivity contribution in [3.8, 4) is 0 Å². The molecular weight excluding hydrogens is 499 g/mol. The zero-order chi connectivity index (χ0) is 26.1. The lowest BCUT2D eigenvalue weighted by molar-refractivity contribution is -0.137. The molecule has 3 aromatic rings. The van der Waals surface area contributed by atoms with Crippen LogP contribution in [0.3, 0.4) is 0 Å². The molecule has 1 amide bonds. The third kappa shape index (κ3) is 5.82. The van der Waals surface area contributed by atoms with E-state index in [2.05, 4.69) is 35.6 Å². The number of nitrogens with one attached hydrogen (secondary N) is 4. The normalized spacial score (nSPS) is 13.2. The van der Waals surface area contributed by atoms with E-state index in [4.69, 9.17) is 0 Å². The Kier molecular flexibility index (Phi) is 6.71.